The van der Waals surface area contributed by atoms with Crippen LogP contribution in [0.25, 0.3) is 5.65 Å². The van der Waals surface area contributed by atoms with Crippen molar-refractivity contribution in [2.45, 2.75) is 26.1 Å². The monoisotopic (exact) mass is 365 g/mol. The molecule has 3 heterocycles. The zero-order chi connectivity index (χ0) is 19.1. The lowest BCUT2D eigenvalue weighted by atomic mass is 10.2. The molecule has 0 saturated heterocycles. The number of hydrogen-bond acceptors (Lipinski definition) is 4. The highest BCUT2D eigenvalue weighted by atomic mass is 19.4. The molecule has 0 amide bonds. The first-order valence-electron chi connectivity index (χ1n) is 7.39. The van der Waals surface area contributed by atoms with Crippen molar-refractivity contribution in [1.29, 1.82) is 5.26 Å². The van der Waals surface area contributed by atoms with Gasteiger partial charge in [-0.3, -0.25) is 13.9 Å². The molecule has 3 rings (SSSR count). The summed E-state index contributed by atoms with van der Waals surface area (Å²) in [6.45, 7) is 1.30. The lowest BCUT2D eigenvalue weighted by molar-refractivity contribution is -0.141. The van der Waals surface area contributed by atoms with Gasteiger partial charge in [0.15, 0.2) is 5.69 Å². The van der Waals surface area contributed by atoms with Gasteiger partial charge in [0, 0.05) is 11.8 Å². The van der Waals surface area contributed by atoms with E-state index in [1.54, 1.807) is 6.07 Å². The Morgan fingerprint density at radius 1 is 1.27 bits per heavy atom. The number of alkyl halides is 3. The summed E-state index contributed by atoms with van der Waals surface area (Å²) in [5, 5.41) is 12.3. The number of aromatic nitrogens is 4. The van der Waals surface area contributed by atoms with Gasteiger partial charge in [-0.25, -0.2) is 9.37 Å². The third-order valence-electron chi connectivity index (χ3n) is 3.75. The van der Waals surface area contributed by atoms with Gasteiger partial charge in [0.25, 0.3) is 5.56 Å². The predicted octanol–water partition coefficient (Wildman–Crippen LogP) is 2.47. The van der Waals surface area contributed by atoms with Gasteiger partial charge in [-0.2, -0.15) is 23.5 Å². The highest BCUT2D eigenvalue weighted by Crippen LogP contribution is 2.28. The van der Waals surface area contributed by atoms with Crippen LogP contribution in [-0.4, -0.2) is 19.2 Å². The van der Waals surface area contributed by atoms with Crippen molar-refractivity contribution in [2.24, 2.45) is 0 Å². The fourth-order valence-corrected chi connectivity index (χ4v) is 2.56. The molecule has 0 atom stereocenters. The number of pyridine rings is 1. The number of fused-ring (bicyclic) bond motifs is 1. The van der Waals surface area contributed by atoms with Gasteiger partial charge in [-0.1, -0.05) is 0 Å². The number of nitriles is 1. The Morgan fingerprint density at radius 3 is 2.62 bits per heavy atom. The Labute approximate surface area is 143 Å². The second kappa shape index (κ2) is 6.25. The van der Waals surface area contributed by atoms with Crippen LogP contribution in [0.2, 0.25) is 0 Å². The van der Waals surface area contributed by atoms with E-state index in [0.29, 0.717) is 0 Å². The Morgan fingerprint density at radius 2 is 2.00 bits per heavy atom. The van der Waals surface area contributed by atoms with Crippen molar-refractivity contribution < 1.29 is 17.6 Å². The number of nitrogens with zero attached hydrogens (tertiary/aromatic N) is 5. The van der Waals surface area contributed by atoms with E-state index < -0.39 is 23.2 Å². The van der Waals surface area contributed by atoms with Gasteiger partial charge in [-0.05, 0) is 25.1 Å². The Bertz CT molecular complexity index is 1090. The molecule has 0 aliphatic heterocycles. The molecule has 26 heavy (non-hydrogen) atoms. The van der Waals surface area contributed by atoms with Gasteiger partial charge in [-0.15, -0.1) is 0 Å². The molecule has 0 radical (unpaired) electrons. The maximum atomic E-state index is 13.8. The fraction of sp³-hybridized carbons (Fsp3) is 0.250. The van der Waals surface area contributed by atoms with Crippen LogP contribution < -0.4 is 5.56 Å². The normalized spacial score (nSPS) is 11.7. The van der Waals surface area contributed by atoms with Crippen molar-refractivity contribution in [2.75, 3.05) is 0 Å². The van der Waals surface area contributed by atoms with Crippen LogP contribution >= 0.6 is 0 Å². The van der Waals surface area contributed by atoms with Crippen LogP contribution in [0.15, 0.2) is 29.1 Å². The molecule has 134 valence electrons. The minimum atomic E-state index is -4.57. The number of hydrogen-bond donors (Lipinski definition) is 0. The van der Waals surface area contributed by atoms with Crippen molar-refractivity contribution in [1.82, 2.24) is 19.2 Å². The molecule has 0 fully saturated rings. The van der Waals surface area contributed by atoms with Crippen LogP contribution in [0.4, 0.5) is 17.6 Å². The molecule has 0 aliphatic carbocycles. The first-order chi connectivity index (χ1) is 12.2. The summed E-state index contributed by atoms with van der Waals surface area (Å²) in [6.07, 6.45) is -4.90. The molecule has 0 aliphatic rings. The van der Waals surface area contributed by atoms with Crippen LogP contribution in [0.3, 0.4) is 0 Å². The smallest absolute Gasteiger partial charge is 0.269 e. The molecule has 0 N–H and O–H groups in total. The highest BCUT2D eigenvalue weighted by molar-refractivity contribution is 5.41. The molecule has 0 saturated carbocycles. The van der Waals surface area contributed by atoms with Gasteiger partial charge in [0.2, 0.25) is 0 Å². The van der Waals surface area contributed by atoms with Crippen molar-refractivity contribution in [3.63, 3.8) is 0 Å². The quantitative estimate of drug-likeness (QED) is 0.668. The maximum absolute atomic E-state index is 13.8. The third-order valence-corrected chi connectivity index (χ3v) is 3.75. The number of rotatable bonds is 3. The average Bonchev–Trinajstić information content (AvgIpc) is 2.91. The molecule has 6 nitrogen and oxygen atoms in total. The van der Waals surface area contributed by atoms with E-state index in [1.807, 2.05) is 0 Å². The third kappa shape index (κ3) is 3.15. The summed E-state index contributed by atoms with van der Waals surface area (Å²) >= 11 is 0. The van der Waals surface area contributed by atoms with E-state index in [2.05, 4.69) is 10.1 Å². The predicted molar refractivity (Wildman–Crippen MR) is 81.8 cm³/mol. The molecule has 10 heteroatoms. The lowest BCUT2D eigenvalue weighted by Crippen LogP contribution is -2.21. The second-order valence-corrected chi connectivity index (χ2v) is 5.57. The van der Waals surface area contributed by atoms with Gasteiger partial charge < -0.3 is 0 Å². The molecule has 0 spiro atoms. The van der Waals surface area contributed by atoms with Gasteiger partial charge in [0.1, 0.15) is 11.5 Å². The Kier molecular flexibility index (Phi) is 4.23. The molecule has 0 unspecified atom stereocenters. The second-order valence-electron chi connectivity index (χ2n) is 5.57. The van der Waals surface area contributed by atoms with Crippen LogP contribution in [0, 0.1) is 24.1 Å². The van der Waals surface area contributed by atoms with E-state index >= 15 is 0 Å². The van der Waals surface area contributed by atoms with Crippen molar-refractivity contribution in [3.05, 3.63) is 63.2 Å². The van der Waals surface area contributed by atoms with Crippen molar-refractivity contribution in [3.8, 4) is 6.07 Å². The largest absolute Gasteiger partial charge is 0.435 e. The summed E-state index contributed by atoms with van der Waals surface area (Å²) in [7, 11) is 0. The van der Waals surface area contributed by atoms with E-state index in [1.165, 1.54) is 13.0 Å². The summed E-state index contributed by atoms with van der Waals surface area (Å²) in [5.41, 5.74) is -1.27. The van der Waals surface area contributed by atoms with Crippen molar-refractivity contribution >= 4 is 5.65 Å². The molecule has 3 aromatic rings. The minimum Gasteiger partial charge on any atom is -0.269 e. The SMILES string of the molecule is Cc1cc(C(F)(F)F)nn1Cc1cc(=O)n2c(CC#N)c(F)ccc2n1. The minimum absolute atomic E-state index is 0.0972. The van der Waals surface area contributed by atoms with Crippen LogP contribution in [0.5, 0.6) is 0 Å². The zero-order valence-corrected chi connectivity index (χ0v) is 13.4. The maximum Gasteiger partial charge on any atom is 0.435 e. The first-order valence-corrected chi connectivity index (χ1v) is 7.39. The summed E-state index contributed by atoms with van der Waals surface area (Å²) in [6, 6.07) is 6.10. The van der Waals surface area contributed by atoms with E-state index in [-0.39, 0.29) is 35.7 Å². The average molecular weight is 365 g/mol. The Hall–Kier alpha value is -3.22. The molecule has 0 bridgehead atoms. The molecule has 0 aromatic carbocycles. The van der Waals surface area contributed by atoms with Gasteiger partial charge in [0.05, 0.1) is 30.4 Å². The van der Waals surface area contributed by atoms with Crippen LogP contribution in [0.1, 0.15) is 22.8 Å². The molecule has 3 aromatic heterocycles. The molecular formula is C16H11F4N5O. The van der Waals surface area contributed by atoms with E-state index in [9.17, 15) is 22.4 Å². The topological polar surface area (TPSA) is 76.0 Å². The first kappa shape index (κ1) is 17.6. The van der Waals surface area contributed by atoms with Crippen LogP contribution in [-0.2, 0) is 19.1 Å². The summed E-state index contributed by atoms with van der Waals surface area (Å²) in [4.78, 5) is 16.5. The van der Waals surface area contributed by atoms with E-state index in [4.69, 9.17) is 5.26 Å². The molecular weight excluding hydrogens is 354 g/mol. The Balaban J connectivity index is 2.06. The summed E-state index contributed by atoms with van der Waals surface area (Å²) in [5.74, 6) is -0.714. The highest BCUT2D eigenvalue weighted by Gasteiger charge is 2.34. The number of aryl methyl sites for hydroxylation is 1. The standard InChI is InChI=1S/C16H11F4N5O/c1-9-6-13(16(18,19)20)23-24(9)8-10-7-15(26)25-12(4-5-21)11(17)2-3-14(25)22-10/h2-3,6-7H,4,8H2,1H3. The number of halogens is 4. The summed E-state index contributed by atoms with van der Waals surface area (Å²) < 4.78 is 54.1. The lowest BCUT2D eigenvalue weighted by Gasteiger charge is -2.09. The zero-order valence-electron chi connectivity index (χ0n) is 13.4. The van der Waals surface area contributed by atoms with Gasteiger partial charge >= 0.3 is 6.18 Å². The fourth-order valence-electron chi connectivity index (χ4n) is 2.56. The van der Waals surface area contributed by atoms with E-state index in [0.717, 1.165) is 27.3 Å².